The normalized spacial score (nSPS) is 13.1. The number of amidine groups is 1. The quantitative estimate of drug-likeness (QED) is 0.317. The van der Waals surface area contributed by atoms with Crippen molar-refractivity contribution >= 4 is 32.3 Å². The van der Waals surface area contributed by atoms with Gasteiger partial charge in [-0.15, -0.1) is 0 Å². The first kappa shape index (κ1) is 22.3. The van der Waals surface area contributed by atoms with Gasteiger partial charge in [0.25, 0.3) is 10.0 Å². The zero-order chi connectivity index (χ0) is 23.6. The maximum Gasteiger partial charge on any atom is 0.261 e. The maximum atomic E-state index is 13.2. The van der Waals surface area contributed by atoms with Crippen LogP contribution in [0.5, 0.6) is 5.75 Å². The predicted octanol–water partition coefficient (Wildman–Crippen LogP) is 4.08. The van der Waals surface area contributed by atoms with Gasteiger partial charge in [0.05, 0.1) is 17.7 Å². The summed E-state index contributed by atoms with van der Waals surface area (Å²) in [7, 11) is -2.27. The molecule has 4 aromatic rings. The van der Waals surface area contributed by atoms with Gasteiger partial charge in [0, 0.05) is 17.5 Å². The lowest BCUT2D eigenvalue weighted by atomic mass is 10.1. The zero-order valence-electron chi connectivity index (χ0n) is 18.6. The molecule has 3 aromatic carbocycles. The van der Waals surface area contributed by atoms with Crippen LogP contribution < -0.4 is 15.2 Å². The van der Waals surface area contributed by atoms with Crippen LogP contribution in [0, 0.1) is 6.92 Å². The molecule has 0 aliphatic heterocycles. The number of para-hydroxylation sites is 1. The fraction of sp³-hybridized carbons (Fsp3) is 0.167. The molecule has 0 radical (unpaired) electrons. The average Bonchev–Trinajstić information content (AvgIpc) is 3.24. The van der Waals surface area contributed by atoms with E-state index in [4.69, 9.17) is 10.5 Å². The molecule has 0 fully saturated rings. The van der Waals surface area contributed by atoms with Crippen molar-refractivity contribution in [2.45, 2.75) is 24.9 Å². The number of hydrogen-bond donors (Lipinski definition) is 2. The summed E-state index contributed by atoms with van der Waals surface area (Å²) in [5.74, 6) is 0.917. The van der Waals surface area contributed by atoms with Crippen LogP contribution >= 0.6 is 0 Å². The topological polar surface area (TPSA) is 112 Å². The Morgan fingerprint density at radius 3 is 2.55 bits per heavy atom. The fourth-order valence-corrected chi connectivity index (χ4v) is 4.71. The van der Waals surface area contributed by atoms with Gasteiger partial charge in [-0.2, -0.15) is 5.10 Å². The number of aliphatic imine (C=N–C) groups is 1. The molecule has 4 rings (SSSR count). The molecule has 0 aliphatic rings. The number of aromatic nitrogens is 2. The number of rotatable bonds is 7. The third kappa shape index (κ3) is 4.68. The standard InChI is InChI=1S/C24H25N5O3S/c1-16-12-13-26-29(16)17(2)27-24(25)22-6-4-5-7-23(22)28-33(30,31)21-11-9-18-14-20(32-3)10-8-19(18)15-21/h4-15,17,28H,1-3H3,(H2,25,27). The number of aryl methyl sites for hydroxylation is 1. The van der Waals surface area contributed by atoms with Gasteiger partial charge in [0.1, 0.15) is 17.8 Å². The van der Waals surface area contributed by atoms with Crippen molar-refractivity contribution in [1.29, 1.82) is 0 Å². The maximum absolute atomic E-state index is 13.2. The second-order valence-electron chi connectivity index (χ2n) is 7.59. The summed E-state index contributed by atoms with van der Waals surface area (Å²) in [6.07, 6.45) is 1.35. The van der Waals surface area contributed by atoms with Gasteiger partial charge >= 0.3 is 0 Å². The molecule has 1 aromatic heterocycles. The molecule has 0 aliphatic carbocycles. The van der Waals surface area contributed by atoms with Gasteiger partial charge < -0.3 is 10.5 Å². The van der Waals surface area contributed by atoms with Crippen LogP contribution in [0.4, 0.5) is 5.69 Å². The van der Waals surface area contributed by atoms with E-state index in [9.17, 15) is 8.42 Å². The number of nitrogens with zero attached hydrogens (tertiary/aromatic N) is 3. The van der Waals surface area contributed by atoms with Crippen LogP contribution in [-0.2, 0) is 10.0 Å². The Hall–Kier alpha value is -3.85. The lowest BCUT2D eigenvalue weighted by Crippen LogP contribution is -2.21. The van der Waals surface area contributed by atoms with Crippen molar-refractivity contribution in [3.05, 3.63) is 84.2 Å². The number of sulfonamides is 1. The molecule has 0 saturated heterocycles. The van der Waals surface area contributed by atoms with Crippen LogP contribution in [0.25, 0.3) is 10.8 Å². The number of benzene rings is 3. The molecule has 0 bridgehead atoms. The first-order valence-corrected chi connectivity index (χ1v) is 11.8. The lowest BCUT2D eigenvalue weighted by Gasteiger charge is -2.15. The van der Waals surface area contributed by atoms with Gasteiger partial charge in [0.15, 0.2) is 0 Å². The number of nitrogens with two attached hydrogens (primary N) is 1. The highest BCUT2D eigenvalue weighted by molar-refractivity contribution is 7.92. The van der Waals surface area contributed by atoms with E-state index in [0.29, 0.717) is 17.0 Å². The summed E-state index contributed by atoms with van der Waals surface area (Å²) in [4.78, 5) is 4.66. The van der Waals surface area contributed by atoms with E-state index < -0.39 is 10.0 Å². The summed E-state index contributed by atoms with van der Waals surface area (Å²) < 4.78 is 36.0. The summed E-state index contributed by atoms with van der Waals surface area (Å²) in [6, 6.07) is 19.2. The van der Waals surface area contributed by atoms with E-state index in [1.54, 1.807) is 66.5 Å². The molecule has 8 nitrogen and oxygen atoms in total. The highest BCUT2D eigenvalue weighted by Gasteiger charge is 2.18. The van der Waals surface area contributed by atoms with Gasteiger partial charge in [-0.3, -0.25) is 4.72 Å². The van der Waals surface area contributed by atoms with E-state index >= 15 is 0 Å². The predicted molar refractivity (Wildman–Crippen MR) is 130 cm³/mol. The van der Waals surface area contributed by atoms with Crippen LogP contribution in [0.15, 0.2) is 82.8 Å². The molecule has 1 heterocycles. The van der Waals surface area contributed by atoms with Gasteiger partial charge in [-0.05, 0) is 67.1 Å². The largest absolute Gasteiger partial charge is 0.497 e. The summed E-state index contributed by atoms with van der Waals surface area (Å²) >= 11 is 0. The Labute approximate surface area is 192 Å². The van der Waals surface area contributed by atoms with Gasteiger partial charge in [-0.25, -0.2) is 18.1 Å². The number of hydrogen-bond acceptors (Lipinski definition) is 5. The number of methoxy groups -OCH3 is 1. The molecular formula is C24H25N5O3S. The van der Waals surface area contributed by atoms with Crippen molar-refractivity contribution < 1.29 is 13.2 Å². The third-order valence-electron chi connectivity index (χ3n) is 5.32. The number of anilines is 1. The zero-order valence-corrected chi connectivity index (χ0v) is 19.4. The Balaban J connectivity index is 1.65. The molecule has 33 heavy (non-hydrogen) atoms. The number of fused-ring (bicyclic) bond motifs is 1. The summed E-state index contributed by atoms with van der Waals surface area (Å²) in [5.41, 5.74) is 8.06. The SMILES string of the molecule is COc1ccc2cc(S(=O)(=O)Nc3ccccc3C(N)=NC(C)n3nccc3C)ccc2c1. The van der Waals surface area contributed by atoms with Crippen molar-refractivity contribution in [2.75, 3.05) is 11.8 Å². The van der Waals surface area contributed by atoms with Crippen LogP contribution in [0.2, 0.25) is 0 Å². The van der Waals surface area contributed by atoms with Crippen molar-refractivity contribution in [3.63, 3.8) is 0 Å². The molecule has 9 heteroatoms. The summed E-state index contributed by atoms with van der Waals surface area (Å²) in [5, 5.41) is 5.93. The van der Waals surface area contributed by atoms with E-state index in [2.05, 4.69) is 14.8 Å². The average molecular weight is 464 g/mol. The van der Waals surface area contributed by atoms with Crippen molar-refractivity contribution in [1.82, 2.24) is 9.78 Å². The molecular weight excluding hydrogens is 438 g/mol. The minimum atomic E-state index is -3.86. The molecule has 0 spiro atoms. The lowest BCUT2D eigenvalue weighted by molar-refractivity contribution is 0.415. The molecule has 1 atom stereocenters. The highest BCUT2D eigenvalue weighted by atomic mass is 32.2. The Morgan fingerprint density at radius 1 is 1.09 bits per heavy atom. The molecule has 0 saturated carbocycles. The Kier molecular flexibility index (Phi) is 6.06. The summed E-state index contributed by atoms with van der Waals surface area (Å²) in [6.45, 7) is 3.79. The van der Waals surface area contributed by atoms with E-state index in [0.717, 1.165) is 16.5 Å². The second kappa shape index (κ2) is 8.95. The fourth-order valence-electron chi connectivity index (χ4n) is 3.59. The number of ether oxygens (including phenoxy) is 1. The first-order chi connectivity index (χ1) is 15.8. The molecule has 3 N–H and O–H groups in total. The van der Waals surface area contributed by atoms with E-state index in [1.807, 2.05) is 32.0 Å². The van der Waals surface area contributed by atoms with Crippen molar-refractivity contribution in [2.24, 2.45) is 10.7 Å². The van der Waals surface area contributed by atoms with Gasteiger partial charge in [0.2, 0.25) is 0 Å². The van der Waals surface area contributed by atoms with E-state index in [1.165, 1.54) is 0 Å². The Morgan fingerprint density at radius 2 is 1.82 bits per heavy atom. The molecule has 170 valence electrons. The van der Waals surface area contributed by atoms with Crippen LogP contribution in [0.1, 0.15) is 24.3 Å². The Bertz CT molecular complexity index is 1440. The minimum Gasteiger partial charge on any atom is -0.497 e. The smallest absolute Gasteiger partial charge is 0.261 e. The number of nitrogens with one attached hydrogen (secondary N) is 1. The van der Waals surface area contributed by atoms with Gasteiger partial charge in [-0.1, -0.05) is 24.3 Å². The van der Waals surface area contributed by atoms with Crippen LogP contribution in [-0.4, -0.2) is 31.1 Å². The second-order valence-corrected chi connectivity index (χ2v) is 9.27. The van der Waals surface area contributed by atoms with E-state index in [-0.39, 0.29) is 16.9 Å². The highest BCUT2D eigenvalue weighted by Crippen LogP contribution is 2.26. The third-order valence-corrected chi connectivity index (χ3v) is 6.69. The molecule has 0 amide bonds. The first-order valence-electron chi connectivity index (χ1n) is 10.3. The van der Waals surface area contributed by atoms with Crippen molar-refractivity contribution in [3.8, 4) is 5.75 Å². The minimum absolute atomic E-state index is 0.144. The van der Waals surface area contributed by atoms with Crippen LogP contribution in [0.3, 0.4) is 0 Å². The monoisotopic (exact) mass is 463 g/mol. The molecule has 1 unspecified atom stereocenters.